The Balaban J connectivity index is 2.18. The molecule has 0 saturated carbocycles. The minimum absolute atomic E-state index is 0.0433. The highest BCUT2D eigenvalue weighted by molar-refractivity contribution is 5.83. The molecule has 4 heteroatoms. The average molecular weight is 194 g/mol. The molecule has 14 heavy (non-hydrogen) atoms. The SMILES string of the molecule is CC(=O)CCC(=O)NCc1cc[nH]c1. The lowest BCUT2D eigenvalue weighted by Crippen LogP contribution is -2.22. The van der Waals surface area contributed by atoms with Crippen LogP contribution in [0.4, 0.5) is 0 Å². The van der Waals surface area contributed by atoms with E-state index in [-0.39, 0.29) is 18.1 Å². The Morgan fingerprint density at radius 1 is 1.43 bits per heavy atom. The van der Waals surface area contributed by atoms with E-state index in [1.165, 1.54) is 6.92 Å². The molecular weight excluding hydrogens is 180 g/mol. The maximum Gasteiger partial charge on any atom is 0.220 e. The molecule has 1 rings (SSSR count). The van der Waals surface area contributed by atoms with E-state index < -0.39 is 0 Å². The summed E-state index contributed by atoms with van der Waals surface area (Å²) in [5.41, 5.74) is 1.03. The summed E-state index contributed by atoms with van der Waals surface area (Å²) in [4.78, 5) is 24.7. The van der Waals surface area contributed by atoms with Gasteiger partial charge in [0.25, 0.3) is 0 Å². The van der Waals surface area contributed by atoms with Crippen LogP contribution in [0.2, 0.25) is 0 Å². The van der Waals surface area contributed by atoms with Gasteiger partial charge in [0.05, 0.1) is 0 Å². The number of hydrogen-bond acceptors (Lipinski definition) is 2. The summed E-state index contributed by atoms with van der Waals surface area (Å²) in [6.07, 6.45) is 4.22. The van der Waals surface area contributed by atoms with E-state index >= 15 is 0 Å². The minimum atomic E-state index is -0.0820. The van der Waals surface area contributed by atoms with Crippen molar-refractivity contribution in [3.8, 4) is 0 Å². The third-order valence-corrected chi connectivity index (χ3v) is 1.86. The summed E-state index contributed by atoms with van der Waals surface area (Å²) in [7, 11) is 0. The summed E-state index contributed by atoms with van der Waals surface area (Å²) in [6, 6.07) is 1.89. The van der Waals surface area contributed by atoms with Crippen LogP contribution in [0.25, 0.3) is 0 Å². The van der Waals surface area contributed by atoms with E-state index in [9.17, 15) is 9.59 Å². The molecule has 0 radical (unpaired) electrons. The summed E-state index contributed by atoms with van der Waals surface area (Å²) in [6.45, 7) is 2.00. The van der Waals surface area contributed by atoms with E-state index in [0.29, 0.717) is 13.0 Å². The Morgan fingerprint density at radius 2 is 2.21 bits per heavy atom. The van der Waals surface area contributed by atoms with E-state index in [2.05, 4.69) is 10.3 Å². The van der Waals surface area contributed by atoms with Crippen molar-refractivity contribution >= 4 is 11.7 Å². The molecule has 0 aliphatic heterocycles. The van der Waals surface area contributed by atoms with Gasteiger partial charge in [0.15, 0.2) is 0 Å². The van der Waals surface area contributed by atoms with Crippen LogP contribution in [0.15, 0.2) is 18.5 Å². The first-order valence-electron chi connectivity index (χ1n) is 4.56. The second-order valence-corrected chi connectivity index (χ2v) is 3.20. The third-order valence-electron chi connectivity index (χ3n) is 1.86. The number of Topliss-reactive ketones (excluding diaryl/α,β-unsaturated/α-hetero) is 1. The molecular formula is C10H14N2O2. The normalized spacial score (nSPS) is 9.79. The largest absolute Gasteiger partial charge is 0.367 e. The molecule has 1 aromatic heterocycles. The van der Waals surface area contributed by atoms with E-state index in [0.717, 1.165) is 5.56 Å². The van der Waals surface area contributed by atoms with Crippen LogP contribution in [0, 0.1) is 0 Å². The molecule has 0 fully saturated rings. The number of ketones is 1. The highest BCUT2D eigenvalue weighted by Crippen LogP contribution is 1.96. The second kappa shape index (κ2) is 5.21. The molecule has 0 spiro atoms. The summed E-state index contributed by atoms with van der Waals surface area (Å²) in [5, 5.41) is 2.73. The lowest BCUT2D eigenvalue weighted by molar-refractivity contribution is -0.124. The maximum absolute atomic E-state index is 11.2. The monoisotopic (exact) mass is 194 g/mol. The van der Waals surface area contributed by atoms with E-state index in [4.69, 9.17) is 0 Å². The van der Waals surface area contributed by atoms with Gasteiger partial charge in [0, 0.05) is 31.8 Å². The molecule has 2 N–H and O–H groups in total. The molecule has 76 valence electrons. The number of carbonyl (C=O) groups excluding carboxylic acids is 2. The highest BCUT2D eigenvalue weighted by atomic mass is 16.2. The number of rotatable bonds is 5. The van der Waals surface area contributed by atoms with Crippen LogP contribution in [0.5, 0.6) is 0 Å². The van der Waals surface area contributed by atoms with Gasteiger partial charge in [0.1, 0.15) is 5.78 Å². The van der Waals surface area contributed by atoms with Gasteiger partial charge in [-0.2, -0.15) is 0 Å². The predicted octanol–water partition coefficient (Wildman–Crippen LogP) is 1.00. The topological polar surface area (TPSA) is 62.0 Å². The molecule has 1 amide bonds. The Hall–Kier alpha value is -1.58. The molecule has 0 aromatic carbocycles. The number of H-pyrrole nitrogens is 1. The number of nitrogens with one attached hydrogen (secondary N) is 2. The minimum Gasteiger partial charge on any atom is -0.367 e. The first-order valence-corrected chi connectivity index (χ1v) is 4.56. The molecule has 1 aromatic rings. The molecule has 0 unspecified atom stereocenters. The van der Waals surface area contributed by atoms with Gasteiger partial charge in [-0.25, -0.2) is 0 Å². The summed E-state index contributed by atoms with van der Waals surface area (Å²) >= 11 is 0. The van der Waals surface area contributed by atoms with E-state index in [1.807, 2.05) is 12.3 Å². The van der Waals surface area contributed by atoms with Gasteiger partial charge >= 0.3 is 0 Å². The van der Waals surface area contributed by atoms with Crippen molar-refractivity contribution in [3.63, 3.8) is 0 Å². The van der Waals surface area contributed by atoms with Crippen molar-refractivity contribution in [1.29, 1.82) is 0 Å². The average Bonchev–Trinajstić information content (AvgIpc) is 2.63. The molecule has 1 heterocycles. The first-order chi connectivity index (χ1) is 6.68. The molecule has 0 saturated heterocycles. The molecule has 0 atom stereocenters. The van der Waals surface area contributed by atoms with Crippen LogP contribution >= 0.6 is 0 Å². The van der Waals surface area contributed by atoms with Crippen LogP contribution < -0.4 is 5.32 Å². The van der Waals surface area contributed by atoms with Crippen molar-refractivity contribution in [1.82, 2.24) is 10.3 Å². The number of carbonyl (C=O) groups is 2. The molecule has 0 aliphatic carbocycles. The standard InChI is InChI=1S/C10H14N2O2/c1-8(13)2-3-10(14)12-7-9-4-5-11-6-9/h4-6,11H,2-3,7H2,1H3,(H,12,14). The van der Waals surface area contributed by atoms with Gasteiger partial charge in [-0.15, -0.1) is 0 Å². The van der Waals surface area contributed by atoms with Gasteiger partial charge in [0.2, 0.25) is 5.91 Å². The zero-order chi connectivity index (χ0) is 10.4. The summed E-state index contributed by atoms with van der Waals surface area (Å²) < 4.78 is 0. The smallest absolute Gasteiger partial charge is 0.220 e. The van der Waals surface area contributed by atoms with Crippen molar-refractivity contribution in [3.05, 3.63) is 24.0 Å². The second-order valence-electron chi connectivity index (χ2n) is 3.20. The Labute approximate surface area is 82.7 Å². The van der Waals surface area contributed by atoms with Gasteiger partial charge < -0.3 is 15.1 Å². The van der Waals surface area contributed by atoms with Gasteiger partial charge in [-0.1, -0.05) is 0 Å². The van der Waals surface area contributed by atoms with Crippen molar-refractivity contribution < 1.29 is 9.59 Å². The van der Waals surface area contributed by atoms with Crippen LogP contribution in [0.1, 0.15) is 25.3 Å². The number of aromatic amines is 1. The molecule has 0 aliphatic rings. The fraction of sp³-hybridized carbons (Fsp3) is 0.400. The lowest BCUT2D eigenvalue weighted by atomic mass is 10.2. The first kappa shape index (κ1) is 10.5. The zero-order valence-corrected chi connectivity index (χ0v) is 8.17. The lowest BCUT2D eigenvalue weighted by Gasteiger charge is -2.01. The quantitative estimate of drug-likeness (QED) is 0.734. The third kappa shape index (κ3) is 3.89. The summed E-state index contributed by atoms with van der Waals surface area (Å²) in [5.74, 6) is -0.0387. The Kier molecular flexibility index (Phi) is 3.91. The Bertz CT molecular complexity index is 304. The fourth-order valence-corrected chi connectivity index (χ4v) is 1.05. The predicted molar refractivity (Wildman–Crippen MR) is 52.6 cm³/mol. The van der Waals surface area contributed by atoms with E-state index in [1.54, 1.807) is 6.20 Å². The number of amides is 1. The van der Waals surface area contributed by atoms with Crippen LogP contribution in [0.3, 0.4) is 0 Å². The molecule has 0 bridgehead atoms. The van der Waals surface area contributed by atoms with Crippen LogP contribution in [-0.2, 0) is 16.1 Å². The number of hydrogen-bond donors (Lipinski definition) is 2. The van der Waals surface area contributed by atoms with Crippen LogP contribution in [-0.4, -0.2) is 16.7 Å². The molecule has 4 nitrogen and oxygen atoms in total. The van der Waals surface area contributed by atoms with Crippen molar-refractivity contribution in [2.24, 2.45) is 0 Å². The van der Waals surface area contributed by atoms with Crippen molar-refractivity contribution in [2.75, 3.05) is 0 Å². The number of aromatic nitrogens is 1. The van der Waals surface area contributed by atoms with Gasteiger partial charge in [-0.05, 0) is 18.6 Å². The fourth-order valence-electron chi connectivity index (χ4n) is 1.05. The van der Waals surface area contributed by atoms with Gasteiger partial charge in [-0.3, -0.25) is 4.79 Å². The maximum atomic E-state index is 11.2. The van der Waals surface area contributed by atoms with Crippen molar-refractivity contribution in [2.45, 2.75) is 26.3 Å². The highest BCUT2D eigenvalue weighted by Gasteiger charge is 2.02. The Morgan fingerprint density at radius 3 is 2.79 bits per heavy atom. The zero-order valence-electron chi connectivity index (χ0n) is 8.17.